The first-order valence-corrected chi connectivity index (χ1v) is 6.79. The quantitative estimate of drug-likeness (QED) is 0.592. The van der Waals surface area contributed by atoms with Crippen LogP contribution in [0.4, 0.5) is 4.39 Å². The molecule has 0 fully saturated rings. The molecule has 1 aromatic carbocycles. The lowest BCUT2D eigenvalue weighted by Crippen LogP contribution is -2.21. The van der Waals surface area contributed by atoms with E-state index in [0.29, 0.717) is 22.5 Å². The molecule has 0 spiro atoms. The highest BCUT2D eigenvalue weighted by molar-refractivity contribution is 5.44. The van der Waals surface area contributed by atoms with Crippen LogP contribution in [0, 0.1) is 19.7 Å². The van der Waals surface area contributed by atoms with Crippen molar-refractivity contribution in [3.63, 3.8) is 0 Å². The van der Waals surface area contributed by atoms with Crippen molar-refractivity contribution in [3.8, 4) is 0 Å². The number of rotatable bonds is 3. The number of aromatic amines is 4. The van der Waals surface area contributed by atoms with Crippen LogP contribution in [0.2, 0.25) is 0 Å². The molecule has 0 aliphatic carbocycles. The van der Waals surface area contributed by atoms with Gasteiger partial charge in [-0.05, 0) is 19.9 Å². The van der Waals surface area contributed by atoms with Crippen molar-refractivity contribution < 1.29 is 4.39 Å². The van der Waals surface area contributed by atoms with Gasteiger partial charge in [0, 0.05) is 17.0 Å². The van der Waals surface area contributed by atoms with Gasteiger partial charge >= 0.3 is 0 Å². The lowest BCUT2D eigenvalue weighted by molar-refractivity contribution is 0.605. The standard InChI is InChI=1S/C15H15FN4O2/c1-7-11(14(21)19-17-7)13(9-5-3-4-6-10(9)16)12-8(2)18-20-15(12)22/h3-6,13H,1-2H3,(H2,17,19,21)(H2,18,20,22). The Balaban J connectivity index is 2.36. The maximum Gasteiger partial charge on any atom is 0.268 e. The normalized spacial score (nSPS) is 11.3. The minimum absolute atomic E-state index is 0.281. The summed E-state index contributed by atoms with van der Waals surface area (Å²) < 4.78 is 14.3. The van der Waals surface area contributed by atoms with Gasteiger partial charge in [-0.2, -0.15) is 0 Å². The molecule has 7 heteroatoms. The minimum atomic E-state index is -0.786. The summed E-state index contributed by atoms with van der Waals surface area (Å²) in [6.07, 6.45) is 0. The summed E-state index contributed by atoms with van der Waals surface area (Å²) >= 11 is 0. The van der Waals surface area contributed by atoms with Crippen molar-refractivity contribution in [2.45, 2.75) is 19.8 Å². The Kier molecular flexibility index (Phi) is 3.32. The number of nitrogens with one attached hydrogen (secondary N) is 4. The first kappa shape index (κ1) is 14.1. The van der Waals surface area contributed by atoms with E-state index in [2.05, 4.69) is 20.4 Å². The maximum absolute atomic E-state index is 14.3. The highest BCUT2D eigenvalue weighted by atomic mass is 19.1. The van der Waals surface area contributed by atoms with E-state index < -0.39 is 11.7 Å². The average Bonchev–Trinajstić information content (AvgIpc) is 2.99. The first-order valence-electron chi connectivity index (χ1n) is 6.79. The van der Waals surface area contributed by atoms with Crippen molar-refractivity contribution in [3.05, 3.63) is 78.9 Å². The van der Waals surface area contributed by atoms with E-state index in [1.807, 2.05) is 0 Å². The number of benzene rings is 1. The number of halogens is 1. The molecule has 0 aliphatic rings. The van der Waals surface area contributed by atoms with E-state index in [4.69, 9.17) is 0 Å². The molecule has 2 heterocycles. The second kappa shape index (κ2) is 5.18. The largest absolute Gasteiger partial charge is 0.302 e. The molecule has 0 aliphatic heterocycles. The van der Waals surface area contributed by atoms with E-state index in [1.165, 1.54) is 6.07 Å². The van der Waals surface area contributed by atoms with Gasteiger partial charge in [-0.15, -0.1) is 0 Å². The van der Waals surface area contributed by atoms with E-state index in [1.54, 1.807) is 32.0 Å². The van der Waals surface area contributed by atoms with Crippen molar-refractivity contribution in [1.29, 1.82) is 0 Å². The number of H-pyrrole nitrogens is 4. The fourth-order valence-electron chi connectivity index (χ4n) is 2.77. The molecule has 3 aromatic rings. The summed E-state index contributed by atoms with van der Waals surface area (Å²) in [5.74, 6) is -1.25. The third-order valence-corrected chi connectivity index (χ3v) is 3.82. The second-order valence-electron chi connectivity index (χ2n) is 5.19. The summed E-state index contributed by atoms with van der Waals surface area (Å²) in [7, 11) is 0. The van der Waals surface area contributed by atoms with Crippen LogP contribution in [0.3, 0.4) is 0 Å². The molecule has 0 radical (unpaired) electrons. The highest BCUT2D eigenvalue weighted by Gasteiger charge is 2.29. The molecule has 4 N–H and O–H groups in total. The van der Waals surface area contributed by atoms with E-state index in [0.717, 1.165) is 0 Å². The lowest BCUT2D eigenvalue weighted by Gasteiger charge is -2.16. The van der Waals surface area contributed by atoms with Crippen LogP contribution in [0.25, 0.3) is 0 Å². The fraction of sp³-hybridized carbons (Fsp3) is 0.200. The van der Waals surface area contributed by atoms with Crippen LogP contribution in [0.5, 0.6) is 0 Å². The van der Waals surface area contributed by atoms with Gasteiger partial charge in [0.25, 0.3) is 11.1 Å². The van der Waals surface area contributed by atoms with Crippen LogP contribution in [0.1, 0.15) is 34.0 Å². The molecule has 0 amide bonds. The van der Waals surface area contributed by atoms with Crippen molar-refractivity contribution in [1.82, 2.24) is 20.4 Å². The Morgan fingerprint density at radius 2 is 1.36 bits per heavy atom. The van der Waals surface area contributed by atoms with Gasteiger partial charge in [0.1, 0.15) is 5.82 Å². The van der Waals surface area contributed by atoms with Crippen molar-refractivity contribution in [2.24, 2.45) is 0 Å². The Morgan fingerprint density at radius 1 is 0.864 bits per heavy atom. The van der Waals surface area contributed by atoms with Gasteiger partial charge in [-0.1, -0.05) is 18.2 Å². The van der Waals surface area contributed by atoms with Crippen LogP contribution in [0.15, 0.2) is 33.9 Å². The topological polar surface area (TPSA) is 97.3 Å². The Hall–Kier alpha value is -2.83. The summed E-state index contributed by atoms with van der Waals surface area (Å²) in [6, 6.07) is 6.14. The van der Waals surface area contributed by atoms with Crippen molar-refractivity contribution >= 4 is 0 Å². The van der Waals surface area contributed by atoms with Gasteiger partial charge in [-0.25, -0.2) is 4.39 Å². The molecule has 0 saturated carbocycles. The summed E-state index contributed by atoms with van der Waals surface area (Å²) in [4.78, 5) is 24.3. The zero-order valence-electron chi connectivity index (χ0n) is 12.1. The van der Waals surface area contributed by atoms with E-state index >= 15 is 0 Å². The van der Waals surface area contributed by atoms with Gasteiger partial charge in [0.05, 0.1) is 17.0 Å². The van der Waals surface area contributed by atoms with Gasteiger partial charge in [-0.3, -0.25) is 19.8 Å². The van der Waals surface area contributed by atoms with Crippen LogP contribution < -0.4 is 11.1 Å². The monoisotopic (exact) mass is 302 g/mol. The smallest absolute Gasteiger partial charge is 0.268 e. The molecule has 0 bridgehead atoms. The second-order valence-corrected chi connectivity index (χ2v) is 5.19. The molecule has 2 aromatic heterocycles. The van der Waals surface area contributed by atoms with Crippen LogP contribution >= 0.6 is 0 Å². The Labute approximate surface area is 124 Å². The molecule has 3 rings (SSSR count). The maximum atomic E-state index is 14.3. The minimum Gasteiger partial charge on any atom is -0.302 e. The predicted molar refractivity (Wildman–Crippen MR) is 79.6 cm³/mol. The Morgan fingerprint density at radius 3 is 1.77 bits per heavy atom. The fourth-order valence-corrected chi connectivity index (χ4v) is 2.77. The van der Waals surface area contributed by atoms with Crippen LogP contribution in [-0.4, -0.2) is 20.4 Å². The predicted octanol–water partition coefficient (Wildman–Crippen LogP) is 1.66. The van der Waals surface area contributed by atoms with E-state index in [9.17, 15) is 14.0 Å². The number of hydrogen-bond donors (Lipinski definition) is 4. The van der Waals surface area contributed by atoms with Gasteiger partial charge in [0.15, 0.2) is 0 Å². The van der Waals surface area contributed by atoms with E-state index in [-0.39, 0.29) is 16.7 Å². The number of aryl methyl sites for hydroxylation is 2. The molecule has 0 saturated heterocycles. The first-order chi connectivity index (χ1) is 10.5. The van der Waals surface area contributed by atoms with Crippen LogP contribution in [-0.2, 0) is 0 Å². The lowest BCUT2D eigenvalue weighted by atomic mass is 9.85. The number of hydrogen-bond acceptors (Lipinski definition) is 2. The zero-order chi connectivity index (χ0) is 15.9. The summed E-state index contributed by atoms with van der Waals surface area (Å²) in [5, 5.41) is 10.4. The molecule has 6 nitrogen and oxygen atoms in total. The third kappa shape index (κ3) is 2.11. The molecular formula is C15H15FN4O2. The molecule has 22 heavy (non-hydrogen) atoms. The highest BCUT2D eigenvalue weighted by Crippen LogP contribution is 2.32. The Bertz CT molecular complexity index is 877. The molecular weight excluding hydrogens is 287 g/mol. The average molecular weight is 302 g/mol. The summed E-state index contributed by atoms with van der Waals surface area (Å²) in [6.45, 7) is 3.41. The van der Waals surface area contributed by atoms with Gasteiger partial charge < -0.3 is 10.2 Å². The summed E-state index contributed by atoms with van der Waals surface area (Å²) in [5.41, 5.74) is 1.34. The number of aromatic nitrogens is 4. The zero-order valence-corrected chi connectivity index (χ0v) is 12.1. The van der Waals surface area contributed by atoms with Gasteiger partial charge in [0.2, 0.25) is 0 Å². The third-order valence-electron chi connectivity index (χ3n) is 3.82. The SMILES string of the molecule is Cc1[nH][nH]c(=O)c1C(c1ccccc1F)c1c(C)[nH][nH]c1=O. The molecule has 0 atom stereocenters. The molecule has 0 unspecified atom stereocenters. The molecule has 114 valence electrons. The van der Waals surface area contributed by atoms with Crippen molar-refractivity contribution in [2.75, 3.05) is 0 Å².